The van der Waals surface area contributed by atoms with Crippen molar-refractivity contribution in [2.75, 3.05) is 26.2 Å². The second-order valence-corrected chi connectivity index (χ2v) is 7.24. The highest BCUT2D eigenvalue weighted by atomic mass is 16.5. The third-order valence-electron chi connectivity index (χ3n) is 5.70. The fraction of sp³-hybridized carbons (Fsp3) is 0.833. The van der Waals surface area contributed by atoms with Gasteiger partial charge in [-0.3, -0.25) is 14.4 Å². The number of carbonyl (C=O) groups excluding carboxylic acids is 3. The van der Waals surface area contributed by atoms with Gasteiger partial charge in [-0.2, -0.15) is 0 Å². The monoisotopic (exact) mass is 336 g/mol. The minimum Gasteiger partial charge on any atom is -0.466 e. The minimum atomic E-state index is -0.197. The molecule has 134 valence electrons. The minimum absolute atomic E-state index is 0.0887. The van der Waals surface area contributed by atoms with Gasteiger partial charge >= 0.3 is 5.97 Å². The number of ether oxygens (including phenoxy) is 1. The Kier molecular flexibility index (Phi) is 5.41. The van der Waals surface area contributed by atoms with Crippen molar-refractivity contribution in [1.82, 2.24) is 9.80 Å². The maximum Gasteiger partial charge on any atom is 0.309 e. The molecule has 24 heavy (non-hydrogen) atoms. The summed E-state index contributed by atoms with van der Waals surface area (Å²) in [6, 6.07) is 0.352. The lowest BCUT2D eigenvalue weighted by atomic mass is 9.95. The maximum absolute atomic E-state index is 12.7. The molecule has 0 aromatic carbocycles. The quantitative estimate of drug-likeness (QED) is 0.731. The van der Waals surface area contributed by atoms with E-state index >= 15 is 0 Å². The summed E-state index contributed by atoms with van der Waals surface area (Å²) in [7, 11) is 0. The zero-order valence-corrected chi connectivity index (χ0v) is 14.5. The zero-order valence-electron chi connectivity index (χ0n) is 14.5. The van der Waals surface area contributed by atoms with Gasteiger partial charge in [0.15, 0.2) is 0 Å². The zero-order chi connectivity index (χ0) is 17.1. The average Bonchev–Trinajstić information content (AvgIpc) is 3.24. The first-order valence-corrected chi connectivity index (χ1v) is 9.35. The van der Waals surface area contributed by atoms with E-state index in [1.807, 2.05) is 16.7 Å². The fourth-order valence-corrected chi connectivity index (χ4v) is 4.32. The number of nitrogens with zero attached hydrogens (tertiary/aromatic N) is 2. The molecule has 2 aliphatic heterocycles. The van der Waals surface area contributed by atoms with Crippen molar-refractivity contribution < 1.29 is 19.1 Å². The number of esters is 1. The molecule has 0 aromatic heterocycles. The van der Waals surface area contributed by atoms with Crippen LogP contribution in [0.1, 0.15) is 51.9 Å². The number of carbonyl (C=O) groups is 3. The van der Waals surface area contributed by atoms with Gasteiger partial charge in [0.05, 0.1) is 18.4 Å². The molecule has 6 nitrogen and oxygen atoms in total. The van der Waals surface area contributed by atoms with E-state index in [9.17, 15) is 14.4 Å². The lowest BCUT2D eigenvalue weighted by Crippen LogP contribution is -2.44. The van der Waals surface area contributed by atoms with Gasteiger partial charge in [-0.25, -0.2) is 0 Å². The molecule has 0 bridgehead atoms. The van der Waals surface area contributed by atoms with Crippen LogP contribution in [0.3, 0.4) is 0 Å². The second-order valence-electron chi connectivity index (χ2n) is 7.24. The third kappa shape index (κ3) is 3.57. The summed E-state index contributed by atoms with van der Waals surface area (Å²) in [6.45, 7) is 3.98. The molecule has 2 saturated heterocycles. The van der Waals surface area contributed by atoms with Crippen LogP contribution in [0.2, 0.25) is 0 Å². The molecule has 6 heteroatoms. The molecule has 2 heterocycles. The Hall–Kier alpha value is -1.59. The van der Waals surface area contributed by atoms with Gasteiger partial charge in [0.2, 0.25) is 11.8 Å². The van der Waals surface area contributed by atoms with Gasteiger partial charge in [0, 0.05) is 32.1 Å². The Labute approximate surface area is 143 Å². The molecule has 1 aliphatic carbocycles. The van der Waals surface area contributed by atoms with E-state index < -0.39 is 0 Å². The number of hydrogen-bond acceptors (Lipinski definition) is 4. The lowest BCUT2D eigenvalue weighted by Gasteiger charge is -2.32. The number of amides is 2. The predicted octanol–water partition coefficient (Wildman–Crippen LogP) is 1.58. The van der Waals surface area contributed by atoms with Gasteiger partial charge < -0.3 is 14.5 Å². The van der Waals surface area contributed by atoms with Crippen LogP contribution in [-0.4, -0.2) is 59.9 Å². The molecule has 0 aromatic rings. The second kappa shape index (κ2) is 7.53. The summed E-state index contributed by atoms with van der Waals surface area (Å²) in [4.78, 5) is 40.6. The molecule has 0 unspecified atom stereocenters. The van der Waals surface area contributed by atoms with E-state index in [4.69, 9.17) is 4.74 Å². The van der Waals surface area contributed by atoms with E-state index in [2.05, 4.69) is 0 Å². The van der Waals surface area contributed by atoms with Crippen molar-refractivity contribution in [2.45, 2.75) is 57.9 Å². The molecule has 1 atom stereocenters. The first kappa shape index (κ1) is 17.2. The molecule has 1 saturated carbocycles. The highest BCUT2D eigenvalue weighted by Gasteiger charge is 2.41. The summed E-state index contributed by atoms with van der Waals surface area (Å²) in [6.07, 6.45) is 6.22. The molecular weight excluding hydrogens is 308 g/mol. The molecule has 3 fully saturated rings. The van der Waals surface area contributed by atoms with Crippen LogP contribution in [0.4, 0.5) is 0 Å². The van der Waals surface area contributed by atoms with Crippen LogP contribution in [0.15, 0.2) is 0 Å². The van der Waals surface area contributed by atoms with E-state index in [-0.39, 0.29) is 29.6 Å². The molecule has 0 radical (unpaired) electrons. The highest BCUT2D eigenvalue weighted by Crippen LogP contribution is 2.31. The van der Waals surface area contributed by atoms with Gasteiger partial charge in [0.25, 0.3) is 0 Å². The Morgan fingerprint density at radius 2 is 1.75 bits per heavy atom. The summed E-state index contributed by atoms with van der Waals surface area (Å²) >= 11 is 0. The number of hydrogen-bond donors (Lipinski definition) is 0. The van der Waals surface area contributed by atoms with E-state index in [0.717, 1.165) is 12.8 Å². The molecule has 0 N–H and O–H groups in total. The van der Waals surface area contributed by atoms with E-state index in [0.29, 0.717) is 51.5 Å². The van der Waals surface area contributed by atoms with E-state index in [1.54, 1.807) is 0 Å². The largest absolute Gasteiger partial charge is 0.466 e. The SMILES string of the molecule is CCOC(=O)C1CCN(C(=O)[C@@H]2CC(=O)N(C3CCCC3)C2)CC1. The Morgan fingerprint density at radius 1 is 1.08 bits per heavy atom. The van der Waals surface area contributed by atoms with Crippen molar-refractivity contribution >= 4 is 17.8 Å². The number of rotatable bonds is 4. The van der Waals surface area contributed by atoms with Crippen LogP contribution >= 0.6 is 0 Å². The standard InChI is InChI=1S/C18H28N2O4/c1-2-24-18(23)13-7-9-19(10-8-13)17(22)14-11-16(21)20(12-14)15-5-3-4-6-15/h13-15H,2-12H2,1H3/t14-/m1/s1. The summed E-state index contributed by atoms with van der Waals surface area (Å²) in [5, 5.41) is 0. The van der Waals surface area contributed by atoms with Crippen molar-refractivity contribution in [2.24, 2.45) is 11.8 Å². The van der Waals surface area contributed by atoms with Crippen LogP contribution in [0, 0.1) is 11.8 Å². The van der Waals surface area contributed by atoms with Gasteiger partial charge in [-0.1, -0.05) is 12.8 Å². The van der Waals surface area contributed by atoms with Crippen LogP contribution < -0.4 is 0 Å². The van der Waals surface area contributed by atoms with Crippen molar-refractivity contribution in [3.8, 4) is 0 Å². The average molecular weight is 336 g/mol. The van der Waals surface area contributed by atoms with Crippen molar-refractivity contribution in [3.05, 3.63) is 0 Å². The number of likely N-dealkylation sites (tertiary alicyclic amines) is 2. The molecule has 3 rings (SSSR count). The van der Waals surface area contributed by atoms with Crippen LogP contribution in [-0.2, 0) is 19.1 Å². The van der Waals surface area contributed by atoms with E-state index in [1.165, 1.54) is 12.8 Å². The van der Waals surface area contributed by atoms with Gasteiger partial charge in [-0.05, 0) is 32.6 Å². The topological polar surface area (TPSA) is 66.9 Å². The summed E-state index contributed by atoms with van der Waals surface area (Å²) < 4.78 is 5.07. The Balaban J connectivity index is 1.51. The smallest absolute Gasteiger partial charge is 0.309 e. The number of piperidine rings is 1. The highest BCUT2D eigenvalue weighted by molar-refractivity contribution is 5.89. The molecular formula is C18H28N2O4. The van der Waals surface area contributed by atoms with Gasteiger partial charge in [0.1, 0.15) is 0 Å². The fourth-order valence-electron chi connectivity index (χ4n) is 4.32. The van der Waals surface area contributed by atoms with Crippen LogP contribution in [0.5, 0.6) is 0 Å². The Morgan fingerprint density at radius 3 is 2.38 bits per heavy atom. The summed E-state index contributed by atoms with van der Waals surface area (Å²) in [5.41, 5.74) is 0. The third-order valence-corrected chi connectivity index (χ3v) is 5.70. The van der Waals surface area contributed by atoms with Crippen LogP contribution in [0.25, 0.3) is 0 Å². The summed E-state index contributed by atoms with van der Waals surface area (Å²) in [5.74, 6) is -0.202. The molecule has 2 amide bonds. The normalized spacial score (nSPS) is 26.2. The lowest BCUT2D eigenvalue weighted by molar-refractivity contribution is -0.151. The first-order valence-electron chi connectivity index (χ1n) is 9.35. The molecule has 3 aliphatic rings. The first-order chi connectivity index (χ1) is 11.6. The predicted molar refractivity (Wildman–Crippen MR) is 88.0 cm³/mol. The van der Waals surface area contributed by atoms with Crippen molar-refractivity contribution in [1.29, 1.82) is 0 Å². The Bertz CT molecular complexity index is 493. The maximum atomic E-state index is 12.7. The van der Waals surface area contributed by atoms with Crippen molar-refractivity contribution in [3.63, 3.8) is 0 Å². The molecule has 0 spiro atoms. The van der Waals surface area contributed by atoms with Gasteiger partial charge in [-0.15, -0.1) is 0 Å².